The minimum atomic E-state index is 0.475. The Balaban J connectivity index is 2.46. The lowest BCUT2D eigenvalue weighted by atomic mass is 10.2. The van der Waals surface area contributed by atoms with E-state index in [4.69, 9.17) is 12.2 Å². The van der Waals surface area contributed by atoms with Crippen LogP contribution in [0.5, 0.6) is 0 Å². The van der Waals surface area contributed by atoms with Gasteiger partial charge >= 0.3 is 0 Å². The van der Waals surface area contributed by atoms with Crippen molar-refractivity contribution < 1.29 is 0 Å². The minimum absolute atomic E-state index is 0.475. The van der Waals surface area contributed by atoms with Crippen LogP contribution >= 0.6 is 28.1 Å². The molecule has 0 unspecified atom stereocenters. The molecule has 0 fully saturated rings. The van der Waals surface area contributed by atoms with Crippen LogP contribution < -0.4 is 10.7 Å². The van der Waals surface area contributed by atoms with Gasteiger partial charge < -0.3 is 5.32 Å². The van der Waals surface area contributed by atoms with Crippen molar-refractivity contribution in [2.75, 3.05) is 6.54 Å². The van der Waals surface area contributed by atoms with Crippen molar-refractivity contribution in [1.82, 2.24) is 10.7 Å². The van der Waals surface area contributed by atoms with Crippen molar-refractivity contribution in [3.8, 4) is 0 Å². The Hall–Kier alpha value is -1.20. The molecule has 0 spiro atoms. The number of halogens is 1. The maximum absolute atomic E-state index is 4.97. The molecule has 1 aromatic carbocycles. The van der Waals surface area contributed by atoms with Gasteiger partial charge in [0.25, 0.3) is 0 Å². The number of nitrogens with one attached hydrogen (secondary N) is 2. The van der Waals surface area contributed by atoms with Crippen LogP contribution in [-0.2, 0) is 0 Å². The van der Waals surface area contributed by atoms with E-state index in [9.17, 15) is 0 Å². The highest BCUT2D eigenvalue weighted by molar-refractivity contribution is 9.10. The lowest BCUT2D eigenvalue weighted by molar-refractivity contribution is 0.941. The number of hydrogen-bond acceptors (Lipinski definition) is 2. The van der Waals surface area contributed by atoms with E-state index in [-0.39, 0.29) is 0 Å². The summed E-state index contributed by atoms with van der Waals surface area (Å²) in [6.45, 7) is 4.20. The van der Waals surface area contributed by atoms with Crippen LogP contribution in [0.25, 0.3) is 0 Å². The summed E-state index contributed by atoms with van der Waals surface area (Å²) in [6.07, 6.45) is 3.43. The van der Waals surface area contributed by atoms with Gasteiger partial charge in [-0.2, -0.15) is 5.10 Å². The van der Waals surface area contributed by atoms with Crippen LogP contribution in [0.3, 0.4) is 0 Å². The monoisotopic (exact) mass is 297 g/mol. The largest absolute Gasteiger partial charge is 0.358 e. The third-order valence-electron chi connectivity index (χ3n) is 1.68. The molecule has 0 radical (unpaired) electrons. The van der Waals surface area contributed by atoms with Crippen LogP contribution in [-0.4, -0.2) is 17.9 Å². The van der Waals surface area contributed by atoms with Gasteiger partial charge in [-0.3, -0.25) is 5.43 Å². The number of nitrogens with zero attached hydrogens (tertiary/aromatic N) is 1. The summed E-state index contributed by atoms with van der Waals surface area (Å²) < 4.78 is 0.991. The molecule has 0 saturated carbocycles. The van der Waals surface area contributed by atoms with Crippen molar-refractivity contribution >= 4 is 39.5 Å². The van der Waals surface area contributed by atoms with Gasteiger partial charge in [0.05, 0.1) is 6.21 Å². The Morgan fingerprint density at radius 1 is 1.50 bits per heavy atom. The highest BCUT2D eigenvalue weighted by Crippen LogP contribution is 2.13. The van der Waals surface area contributed by atoms with Gasteiger partial charge in [0.15, 0.2) is 5.11 Å². The van der Waals surface area contributed by atoms with Gasteiger partial charge in [-0.15, -0.1) is 6.58 Å². The Bertz CT molecular complexity index is 404. The van der Waals surface area contributed by atoms with Gasteiger partial charge in [0.2, 0.25) is 0 Å². The Kier molecular flexibility index (Phi) is 5.74. The second kappa shape index (κ2) is 7.14. The highest BCUT2D eigenvalue weighted by Gasteiger charge is 1.93. The predicted octanol–water partition coefficient (Wildman–Crippen LogP) is 2.43. The number of hydrogen-bond donors (Lipinski definition) is 2. The normalized spacial score (nSPS) is 10.1. The SMILES string of the molecule is C=CCNC(=S)N/N=C\c1ccccc1Br. The van der Waals surface area contributed by atoms with E-state index in [1.54, 1.807) is 12.3 Å². The Morgan fingerprint density at radius 2 is 2.25 bits per heavy atom. The third-order valence-corrected chi connectivity index (χ3v) is 2.64. The zero-order chi connectivity index (χ0) is 11.8. The summed E-state index contributed by atoms with van der Waals surface area (Å²) in [5, 5.41) is 7.40. The zero-order valence-electron chi connectivity index (χ0n) is 8.61. The first-order valence-corrected chi connectivity index (χ1v) is 5.86. The van der Waals surface area contributed by atoms with Gasteiger partial charge in [0, 0.05) is 16.6 Å². The molecule has 1 rings (SSSR count). The first-order valence-electron chi connectivity index (χ1n) is 4.66. The maximum atomic E-state index is 4.97. The van der Waals surface area contributed by atoms with Gasteiger partial charge in [-0.1, -0.05) is 40.2 Å². The maximum Gasteiger partial charge on any atom is 0.187 e. The van der Waals surface area contributed by atoms with Crippen LogP contribution in [0.4, 0.5) is 0 Å². The molecule has 0 aliphatic rings. The standard InChI is InChI=1S/C11H12BrN3S/c1-2-7-13-11(16)15-14-8-9-5-3-4-6-10(9)12/h2-6,8H,1,7H2,(H2,13,15,16)/b14-8-. The zero-order valence-corrected chi connectivity index (χ0v) is 11.0. The quantitative estimate of drug-likeness (QED) is 0.388. The van der Waals surface area contributed by atoms with Gasteiger partial charge in [-0.25, -0.2) is 0 Å². The van der Waals surface area contributed by atoms with Crippen molar-refractivity contribution in [2.45, 2.75) is 0 Å². The molecule has 16 heavy (non-hydrogen) atoms. The lowest BCUT2D eigenvalue weighted by Gasteiger charge is -2.03. The summed E-state index contributed by atoms with van der Waals surface area (Å²) in [5.41, 5.74) is 3.70. The van der Waals surface area contributed by atoms with E-state index in [1.807, 2.05) is 24.3 Å². The molecule has 1 aromatic rings. The molecule has 0 aromatic heterocycles. The van der Waals surface area contributed by atoms with Gasteiger partial charge in [0.1, 0.15) is 0 Å². The molecule has 0 saturated heterocycles. The van der Waals surface area contributed by atoms with Crippen molar-refractivity contribution in [3.63, 3.8) is 0 Å². The molecule has 0 atom stereocenters. The molecule has 84 valence electrons. The Morgan fingerprint density at radius 3 is 2.94 bits per heavy atom. The van der Waals surface area contributed by atoms with Crippen LogP contribution in [0.2, 0.25) is 0 Å². The first kappa shape index (κ1) is 12.9. The van der Waals surface area contributed by atoms with E-state index < -0.39 is 0 Å². The molecule has 5 heteroatoms. The summed E-state index contributed by atoms with van der Waals surface area (Å²) in [4.78, 5) is 0. The summed E-state index contributed by atoms with van der Waals surface area (Å²) >= 11 is 8.40. The number of rotatable bonds is 4. The molecule has 3 nitrogen and oxygen atoms in total. The van der Waals surface area contributed by atoms with Crippen molar-refractivity contribution in [2.24, 2.45) is 5.10 Å². The molecule has 0 aliphatic heterocycles. The van der Waals surface area contributed by atoms with Crippen molar-refractivity contribution in [1.29, 1.82) is 0 Å². The second-order valence-corrected chi connectivity index (χ2v) is 4.15. The summed E-state index contributed by atoms with van der Waals surface area (Å²) in [6, 6.07) is 7.80. The first-order chi connectivity index (χ1) is 7.74. The van der Waals surface area contributed by atoms with E-state index in [0.29, 0.717) is 11.7 Å². The molecule has 0 bridgehead atoms. The van der Waals surface area contributed by atoms with E-state index in [0.717, 1.165) is 10.0 Å². The topological polar surface area (TPSA) is 36.4 Å². The average molecular weight is 298 g/mol. The van der Waals surface area contributed by atoms with E-state index >= 15 is 0 Å². The molecular weight excluding hydrogens is 286 g/mol. The molecule has 0 amide bonds. The van der Waals surface area contributed by atoms with Crippen LogP contribution in [0.1, 0.15) is 5.56 Å². The second-order valence-electron chi connectivity index (χ2n) is 2.89. The Labute approximate surface area is 109 Å². The van der Waals surface area contributed by atoms with Crippen molar-refractivity contribution in [3.05, 3.63) is 47.0 Å². The smallest absolute Gasteiger partial charge is 0.187 e. The average Bonchev–Trinajstić information content (AvgIpc) is 2.29. The fourth-order valence-electron chi connectivity index (χ4n) is 0.945. The fraction of sp³-hybridized carbons (Fsp3) is 0.0909. The number of benzene rings is 1. The molecule has 0 aliphatic carbocycles. The summed E-state index contributed by atoms with van der Waals surface area (Å²) in [5.74, 6) is 0. The van der Waals surface area contributed by atoms with Crippen LogP contribution in [0, 0.1) is 0 Å². The predicted molar refractivity (Wildman–Crippen MR) is 75.7 cm³/mol. The fourth-order valence-corrected chi connectivity index (χ4v) is 1.47. The number of hydrazone groups is 1. The van der Waals surface area contributed by atoms with E-state index in [2.05, 4.69) is 38.4 Å². The van der Waals surface area contributed by atoms with E-state index in [1.165, 1.54) is 0 Å². The van der Waals surface area contributed by atoms with Gasteiger partial charge in [-0.05, 0) is 18.3 Å². The summed E-state index contributed by atoms with van der Waals surface area (Å²) in [7, 11) is 0. The minimum Gasteiger partial charge on any atom is -0.358 e. The van der Waals surface area contributed by atoms with Crippen LogP contribution in [0.15, 0.2) is 46.5 Å². The highest BCUT2D eigenvalue weighted by atomic mass is 79.9. The third kappa shape index (κ3) is 4.55. The lowest BCUT2D eigenvalue weighted by Crippen LogP contribution is -2.31. The molecule has 0 heterocycles. The number of thiocarbonyl (C=S) groups is 1. The molecular formula is C11H12BrN3S. The molecule has 2 N–H and O–H groups in total.